The minimum atomic E-state index is -0.158. The fourth-order valence-corrected chi connectivity index (χ4v) is 4.09. The van der Waals surface area contributed by atoms with Gasteiger partial charge in [0.25, 0.3) is 0 Å². The first-order chi connectivity index (χ1) is 14.3. The third-order valence-corrected chi connectivity index (χ3v) is 5.70. The first-order valence-corrected chi connectivity index (χ1v) is 10.6. The summed E-state index contributed by atoms with van der Waals surface area (Å²) in [6.07, 6.45) is 11.6. The second-order valence-corrected chi connectivity index (χ2v) is 7.91. The van der Waals surface area contributed by atoms with Gasteiger partial charge in [0.1, 0.15) is 0 Å². The quantitative estimate of drug-likeness (QED) is 0.767. The van der Waals surface area contributed by atoms with Crippen LogP contribution in [0.2, 0.25) is 0 Å². The van der Waals surface area contributed by atoms with Crippen molar-refractivity contribution in [3.63, 3.8) is 0 Å². The lowest BCUT2D eigenvalue weighted by atomic mass is 9.89. The summed E-state index contributed by atoms with van der Waals surface area (Å²) in [6, 6.07) is 3.68. The lowest BCUT2D eigenvalue weighted by molar-refractivity contribution is 0.0792. The molecule has 4 rings (SSSR count). The number of rotatable bonds is 7. The van der Waals surface area contributed by atoms with Crippen molar-refractivity contribution in [1.82, 2.24) is 25.3 Å². The molecule has 0 spiro atoms. The summed E-state index contributed by atoms with van der Waals surface area (Å²) < 4.78 is 11.1. The summed E-state index contributed by atoms with van der Waals surface area (Å²) in [7, 11) is 0. The summed E-state index contributed by atoms with van der Waals surface area (Å²) in [6.45, 7) is 2.06. The van der Waals surface area contributed by atoms with E-state index in [0.29, 0.717) is 24.9 Å². The third-order valence-electron chi connectivity index (χ3n) is 5.70. The van der Waals surface area contributed by atoms with Crippen LogP contribution in [0.4, 0.5) is 4.79 Å². The first kappa shape index (κ1) is 19.8. The number of aromatic nitrogens is 3. The molecule has 0 unspecified atom stereocenters. The molecule has 1 saturated carbocycles. The van der Waals surface area contributed by atoms with E-state index in [-0.39, 0.29) is 18.7 Å². The Bertz CT molecular complexity index is 770. The highest BCUT2D eigenvalue weighted by atomic mass is 16.5. The van der Waals surface area contributed by atoms with E-state index in [0.717, 1.165) is 43.7 Å². The zero-order chi connectivity index (χ0) is 19.9. The molecule has 0 bridgehead atoms. The van der Waals surface area contributed by atoms with Gasteiger partial charge in [0.2, 0.25) is 5.89 Å². The van der Waals surface area contributed by atoms with Crippen LogP contribution in [0.25, 0.3) is 0 Å². The van der Waals surface area contributed by atoms with Crippen LogP contribution in [0.1, 0.15) is 68.1 Å². The predicted molar refractivity (Wildman–Crippen MR) is 106 cm³/mol. The van der Waals surface area contributed by atoms with Crippen LogP contribution in [0.15, 0.2) is 29.0 Å². The fraction of sp³-hybridized carbons (Fsp3) is 0.619. The second kappa shape index (κ2) is 9.82. The van der Waals surface area contributed by atoms with Gasteiger partial charge in [-0.25, -0.2) is 4.79 Å². The monoisotopic (exact) mass is 399 g/mol. The van der Waals surface area contributed by atoms with E-state index >= 15 is 0 Å². The van der Waals surface area contributed by atoms with E-state index in [2.05, 4.69) is 20.4 Å². The molecule has 2 aliphatic rings. The van der Waals surface area contributed by atoms with Crippen LogP contribution in [-0.4, -0.2) is 45.3 Å². The van der Waals surface area contributed by atoms with E-state index in [4.69, 9.17) is 9.26 Å². The second-order valence-electron chi connectivity index (χ2n) is 7.91. The van der Waals surface area contributed by atoms with Crippen molar-refractivity contribution in [3.8, 4) is 0 Å². The van der Waals surface area contributed by atoms with Crippen molar-refractivity contribution >= 4 is 6.03 Å². The summed E-state index contributed by atoms with van der Waals surface area (Å²) in [5.41, 5.74) is 1.03. The van der Waals surface area contributed by atoms with Gasteiger partial charge >= 0.3 is 6.03 Å². The lowest BCUT2D eigenvalue weighted by Gasteiger charge is -2.25. The molecule has 1 atom stereocenters. The normalized spacial score (nSPS) is 19.9. The van der Waals surface area contributed by atoms with Crippen molar-refractivity contribution in [3.05, 3.63) is 41.8 Å². The number of nitrogens with zero attached hydrogens (tertiary/aromatic N) is 4. The van der Waals surface area contributed by atoms with E-state index in [1.165, 1.54) is 19.3 Å². The SMILES string of the molecule is O=C(NCc1nc(C2CCCCC2)no1)N(Cc1ccncc1)C[C@@H]1CCCO1. The molecule has 1 N–H and O–H groups in total. The van der Waals surface area contributed by atoms with E-state index < -0.39 is 0 Å². The van der Waals surface area contributed by atoms with Gasteiger partial charge in [0.05, 0.1) is 12.6 Å². The Morgan fingerprint density at radius 1 is 1.14 bits per heavy atom. The molecule has 156 valence electrons. The topological polar surface area (TPSA) is 93.4 Å². The Labute approximate surface area is 171 Å². The molecule has 1 aliphatic heterocycles. The summed E-state index contributed by atoms with van der Waals surface area (Å²) in [4.78, 5) is 23.2. The van der Waals surface area contributed by atoms with Crippen LogP contribution in [0.3, 0.4) is 0 Å². The maximum absolute atomic E-state index is 12.9. The Balaban J connectivity index is 1.34. The van der Waals surface area contributed by atoms with Crippen LogP contribution < -0.4 is 5.32 Å². The van der Waals surface area contributed by atoms with Gasteiger partial charge in [-0.15, -0.1) is 0 Å². The number of ether oxygens (including phenoxy) is 1. The van der Waals surface area contributed by atoms with Crippen LogP contribution >= 0.6 is 0 Å². The van der Waals surface area contributed by atoms with Crippen molar-refractivity contribution in [2.75, 3.05) is 13.2 Å². The highest BCUT2D eigenvalue weighted by Gasteiger charge is 2.24. The molecule has 1 aliphatic carbocycles. The Kier molecular flexibility index (Phi) is 6.71. The molecule has 0 aromatic carbocycles. The highest BCUT2D eigenvalue weighted by Crippen LogP contribution is 2.30. The number of pyridine rings is 1. The fourth-order valence-electron chi connectivity index (χ4n) is 4.09. The zero-order valence-electron chi connectivity index (χ0n) is 16.8. The number of hydrogen-bond acceptors (Lipinski definition) is 6. The lowest BCUT2D eigenvalue weighted by Crippen LogP contribution is -2.43. The van der Waals surface area contributed by atoms with E-state index in [1.807, 2.05) is 12.1 Å². The molecule has 2 aromatic rings. The number of urea groups is 1. The number of carbonyl (C=O) groups excluding carboxylic acids is 1. The molecule has 3 heterocycles. The molecular weight excluding hydrogens is 370 g/mol. The first-order valence-electron chi connectivity index (χ1n) is 10.6. The highest BCUT2D eigenvalue weighted by molar-refractivity contribution is 5.74. The van der Waals surface area contributed by atoms with Gasteiger partial charge in [-0.2, -0.15) is 4.98 Å². The summed E-state index contributed by atoms with van der Waals surface area (Å²) in [5.74, 6) is 1.63. The predicted octanol–water partition coefficient (Wildman–Crippen LogP) is 3.40. The van der Waals surface area contributed by atoms with Crippen molar-refractivity contribution in [2.45, 2.75) is 70.1 Å². The van der Waals surface area contributed by atoms with Crippen LogP contribution in [0.5, 0.6) is 0 Å². The number of amides is 2. The van der Waals surface area contributed by atoms with Crippen molar-refractivity contribution in [2.24, 2.45) is 0 Å². The van der Waals surface area contributed by atoms with Crippen molar-refractivity contribution in [1.29, 1.82) is 0 Å². The number of carbonyl (C=O) groups is 1. The average Bonchev–Trinajstić information content (AvgIpc) is 3.45. The molecule has 0 radical (unpaired) electrons. The van der Waals surface area contributed by atoms with Crippen molar-refractivity contribution < 1.29 is 14.1 Å². The molecule has 8 heteroatoms. The minimum Gasteiger partial charge on any atom is -0.376 e. The molecule has 1 saturated heterocycles. The summed E-state index contributed by atoms with van der Waals surface area (Å²) >= 11 is 0. The largest absolute Gasteiger partial charge is 0.376 e. The molecular formula is C21H29N5O3. The summed E-state index contributed by atoms with van der Waals surface area (Å²) in [5, 5.41) is 7.06. The maximum atomic E-state index is 12.9. The van der Waals surface area contributed by atoms with E-state index in [1.54, 1.807) is 17.3 Å². The zero-order valence-corrected chi connectivity index (χ0v) is 16.8. The third kappa shape index (κ3) is 5.53. The Morgan fingerprint density at radius 2 is 1.97 bits per heavy atom. The molecule has 2 aromatic heterocycles. The van der Waals surface area contributed by atoms with Gasteiger partial charge in [-0.1, -0.05) is 24.4 Å². The van der Waals surface area contributed by atoms with Crippen LogP contribution in [-0.2, 0) is 17.8 Å². The molecule has 2 fully saturated rings. The molecule has 2 amide bonds. The molecule has 29 heavy (non-hydrogen) atoms. The smallest absolute Gasteiger partial charge is 0.318 e. The van der Waals surface area contributed by atoms with Gasteiger partial charge in [-0.3, -0.25) is 4.98 Å². The van der Waals surface area contributed by atoms with Gasteiger partial charge in [0.15, 0.2) is 5.82 Å². The maximum Gasteiger partial charge on any atom is 0.318 e. The Hall–Kier alpha value is -2.48. The van der Waals surface area contributed by atoms with Gasteiger partial charge in [-0.05, 0) is 43.4 Å². The Morgan fingerprint density at radius 3 is 2.72 bits per heavy atom. The van der Waals surface area contributed by atoms with Gasteiger partial charge in [0, 0.05) is 38.0 Å². The minimum absolute atomic E-state index is 0.0869. The average molecular weight is 399 g/mol. The number of hydrogen-bond donors (Lipinski definition) is 1. The standard InChI is InChI=1S/C21H29N5O3/c27-21(23-13-19-24-20(25-29-19)17-5-2-1-3-6-17)26(15-18-7-4-12-28-18)14-16-8-10-22-11-9-16/h8-11,17-18H,1-7,12-15H2,(H,23,27)/t18-/m0/s1. The molecule has 8 nitrogen and oxygen atoms in total. The van der Waals surface area contributed by atoms with E-state index in [9.17, 15) is 4.79 Å². The number of nitrogens with one attached hydrogen (secondary N) is 1. The van der Waals surface area contributed by atoms with Gasteiger partial charge < -0.3 is 19.5 Å². The van der Waals surface area contributed by atoms with Crippen LogP contribution in [0, 0.1) is 0 Å².